The van der Waals surface area contributed by atoms with Gasteiger partial charge in [-0.2, -0.15) is 0 Å². The van der Waals surface area contributed by atoms with E-state index in [1.165, 1.54) is 0 Å². The Morgan fingerprint density at radius 2 is 1.04 bits per heavy atom. The quantitative estimate of drug-likeness (QED) is 0.228. The van der Waals surface area contributed by atoms with Crippen LogP contribution in [-0.2, 0) is 27.5 Å². The van der Waals surface area contributed by atoms with Crippen molar-refractivity contribution in [1.82, 2.24) is 0 Å². The van der Waals surface area contributed by atoms with Crippen LogP contribution >= 0.6 is 0 Å². The summed E-state index contributed by atoms with van der Waals surface area (Å²) in [7, 11) is 2.34. The van der Waals surface area contributed by atoms with Crippen molar-refractivity contribution in [2.45, 2.75) is 32.2 Å². The molecule has 0 amide bonds. The zero-order valence-corrected chi connectivity index (χ0v) is 16.2. The molecule has 0 atom stereocenters. The Morgan fingerprint density at radius 3 is 1.35 bits per heavy atom. The van der Waals surface area contributed by atoms with Crippen LogP contribution in [0.25, 0.3) is 0 Å². The summed E-state index contributed by atoms with van der Waals surface area (Å²) in [6.45, 7) is 5.72. The van der Waals surface area contributed by atoms with Crippen LogP contribution < -0.4 is 0 Å². The summed E-state index contributed by atoms with van der Waals surface area (Å²) in [6.07, 6.45) is 6.52. The number of allylic oxidation sites excluding steroid dienone is 2. The van der Waals surface area contributed by atoms with E-state index in [0.29, 0.717) is 45.7 Å². The molecule has 0 saturated heterocycles. The molecule has 0 spiro atoms. The van der Waals surface area contributed by atoms with E-state index in [4.69, 9.17) is 27.5 Å². The van der Waals surface area contributed by atoms with Crippen molar-refractivity contribution in [3.05, 3.63) is 12.2 Å². The van der Waals surface area contributed by atoms with Crippen molar-refractivity contribution in [3.8, 4) is 0 Å². The van der Waals surface area contributed by atoms with Gasteiger partial charge in [0.15, 0.2) is 0 Å². The Labute approximate surface area is 142 Å². The highest BCUT2D eigenvalue weighted by Crippen LogP contribution is 2.18. The second-order valence-electron chi connectivity index (χ2n) is 5.04. The van der Waals surface area contributed by atoms with Gasteiger partial charge in [0.25, 0.3) is 0 Å². The van der Waals surface area contributed by atoms with Gasteiger partial charge in [0.1, 0.15) is 0 Å². The predicted molar refractivity (Wildman–Crippen MR) is 92.7 cm³/mol. The van der Waals surface area contributed by atoms with Crippen molar-refractivity contribution >= 4 is 8.80 Å². The molecule has 0 aromatic carbocycles. The highest BCUT2D eigenvalue weighted by atomic mass is 28.4. The molecule has 0 aliphatic carbocycles. The second kappa shape index (κ2) is 16.6. The van der Waals surface area contributed by atoms with Crippen molar-refractivity contribution in [1.29, 1.82) is 0 Å². The van der Waals surface area contributed by atoms with Gasteiger partial charge in [-0.1, -0.05) is 12.2 Å². The minimum atomic E-state index is -2.72. The fourth-order valence-corrected chi connectivity index (χ4v) is 4.35. The van der Waals surface area contributed by atoms with E-state index in [1.54, 1.807) is 21.3 Å². The van der Waals surface area contributed by atoms with Gasteiger partial charge in [0.2, 0.25) is 0 Å². The zero-order valence-electron chi connectivity index (χ0n) is 15.2. The summed E-state index contributed by atoms with van der Waals surface area (Å²) >= 11 is 0. The maximum Gasteiger partial charge on any atom is 0.504 e. The summed E-state index contributed by atoms with van der Waals surface area (Å²) < 4.78 is 33.4. The normalized spacial score (nSPS) is 12.3. The molecule has 138 valence electrons. The van der Waals surface area contributed by atoms with E-state index >= 15 is 0 Å². The van der Waals surface area contributed by atoms with Crippen LogP contribution in [0, 0.1) is 0 Å². The molecule has 0 unspecified atom stereocenters. The highest BCUT2D eigenvalue weighted by molar-refractivity contribution is 6.61. The molecular weight excluding hydrogens is 316 g/mol. The summed E-state index contributed by atoms with van der Waals surface area (Å²) in [5.74, 6) is 0. The molecule has 0 fully saturated rings. The van der Waals surface area contributed by atoms with Crippen molar-refractivity contribution in [2.24, 2.45) is 0 Å². The molecule has 0 aliphatic heterocycles. The Bertz CT molecular complexity index is 244. The number of hydrogen-bond acceptors (Lipinski definition) is 6. The minimum absolute atomic E-state index is 0.576. The molecule has 0 heterocycles. The van der Waals surface area contributed by atoms with Gasteiger partial charge in [0, 0.05) is 67.0 Å². The Hall–Kier alpha value is -0.283. The molecular formula is C16H34O6Si. The highest BCUT2D eigenvalue weighted by Gasteiger charge is 2.39. The Morgan fingerprint density at radius 1 is 0.652 bits per heavy atom. The lowest BCUT2D eigenvalue weighted by Crippen LogP contribution is -2.46. The van der Waals surface area contributed by atoms with E-state index in [-0.39, 0.29) is 0 Å². The summed E-state index contributed by atoms with van der Waals surface area (Å²) in [5.41, 5.74) is 0. The third-order valence-electron chi connectivity index (χ3n) is 3.05. The molecule has 0 aliphatic rings. The molecule has 0 saturated carbocycles. The van der Waals surface area contributed by atoms with Crippen molar-refractivity contribution in [2.75, 3.05) is 61.0 Å². The van der Waals surface area contributed by atoms with Gasteiger partial charge in [0.05, 0.1) is 0 Å². The van der Waals surface area contributed by atoms with Gasteiger partial charge in [-0.15, -0.1) is 0 Å². The van der Waals surface area contributed by atoms with Crippen molar-refractivity contribution in [3.63, 3.8) is 0 Å². The van der Waals surface area contributed by atoms with Crippen LogP contribution in [0.5, 0.6) is 0 Å². The van der Waals surface area contributed by atoms with E-state index in [0.717, 1.165) is 19.3 Å². The van der Waals surface area contributed by atoms with E-state index in [1.807, 2.05) is 13.0 Å². The summed E-state index contributed by atoms with van der Waals surface area (Å²) in [6, 6.07) is 0.677. The Kier molecular flexibility index (Phi) is 16.4. The largest absolute Gasteiger partial charge is 0.504 e. The smallest absolute Gasteiger partial charge is 0.385 e. The zero-order chi connectivity index (χ0) is 17.2. The molecule has 0 aromatic rings. The van der Waals surface area contributed by atoms with E-state index in [2.05, 4.69) is 6.08 Å². The fraction of sp³-hybridized carbons (Fsp3) is 0.875. The molecule has 0 bridgehead atoms. The van der Waals surface area contributed by atoms with Gasteiger partial charge in [-0.3, -0.25) is 0 Å². The molecule has 0 aromatic heterocycles. The lowest BCUT2D eigenvalue weighted by atomic mass is 10.5. The lowest BCUT2D eigenvalue weighted by Gasteiger charge is -2.29. The molecule has 0 radical (unpaired) electrons. The maximum atomic E-state index is 6.08. The number of methoxy groups -OCH3 is 3. The predicted octanol–water partition coefficient (Wildman–Crippen LogP) is 2.66. The number of hydrogen-bond donors (Lipinski definition) is 0. The third kappa shape index (κ3) is 12.8. The molecule has 7 heteroatoms. The fourth-order valence-electron chi connectivity index (χ4n) is 1.86. The van der Waals surface area contributed by atoms with Crippen LogP contribution in [0.4, 0.5) is 0 Å². The summed E-state index contributed by atoms with van der Waals surface area (Å²) in [4.78, 5) is 0. The SMILES string of the molecule is CC=CC[Si](OCCCOC)(OCCCOC)OCCCOC. The van der Waals surface area contributed by atoms with Gasteiger partial charge >= 0.3 is 8.80 Å². The average molecular weight is 351 g/mol. The molecule has 0 rings (SSSR count). The van der Waals surface area contributed by atoms with Crippen LogP contribution in [-0.4, -0.2) is 69.8 Å². The lowest BCUT2D eigenvalue weighted by molar-refractivity contribution is 0.0436. The monoisotopic (exact) mass is 350 g/mol. The van der Waals surface area contributed by atoms with Crippen LogP contribution in [0.3, 0.4) is 0 Å². The molecule has 0 N–H and O–H groups in total. The molecule has 23 heavy (non-hydrogen) atoms. The van der Waals surface area contributed by atoms with Gasteiger partial charge in [-0.25, -0.2) is 0 Å². The van der Waals surface area contributed by atoms with E-state index in [9.17, 15) is 0 Å². The first-order chi connectivity index (χ1) is 11.2. The molecule has 6 nitrogen and oxygen atoms in total. The number of rotatable bonds is 17. The van der Waals surface area contributed by atoms with Gasteiger partial charge in [-0.05, 0) is 26.2 Å². The third-order valence-corrected chi connectivity index (χ3v) is 5.72. The van der Waals surface area contributed by atoms with Crippen LogP contribution in [0.2, 0.25) is 6.04 Å². The van der Waals surface area contributed by atoms with Crippen LogP contribution in [0.15, 0.2) is 12.2 Å². The van der Waals surface area contributed by atoms with Gasteiger partial charge < -0.3 is 27.5 Å². The summed E-state index contributed by atoms with van der Waals surface area (Å²) in [5, 5.41) is 0. The Balaban J connectivity index is 4.58. The number of ether oxygens (including phenoxy) is 3. The van der Waals surface area contributed by atoms with E-state index < -0.39 is 8.80 Å². The first kappa shape index (κ1) is 22.7. The van der Waals surface area contributed by atoms with Crippen LogP contribution in [0.1, 0.15) is 26.2 Å². The first-order valence-corrected chi connectivity index (χ1v) is 10.2. The van der Waals surface area contributed by atoms with Crippen molar-refractivity contribution < 1.29 is 27.5 Å². The average Bonchev–Trinajstić information content (AvgIpc) is 2.57. The second-order valence-corrected chi connectivity index (χ2v) is 7.68. The topological polar surface area (TPSA) is 55.4 Å². The maximum absolute atomic E-state index is 6.08. The first-order valence-electron chi connectivity index (χ1n) is 8.24. The standard InChI is InChI=1S/C16H34O6Si/c1-5-6-16-23(20-13-7-10-17-2,21-14-8-11-18-3)22-15-9-12-19-4/h5-6H,7-16H2,1-4H3. The minimum Gasteiger partial charge on any atom is -0.385 e.